The summed E-state index contributed by atoms with van der Waals surface area (Å²) >= 11 is 0. The van der Waals surface area contributed by atoms with Gasteiger partial charge < -0.3 is 9.64 Å². The second-order valence-corrected chi connectivity index (χ2v) is 7.39. The Bertz CT molecular complexity index is 905. The van der Waals surface area contributed by atoms with Gasteiger partial charge in [-0.15, -0.1) is 0 Å². The maximum Gasteiger partial charge on any atom is 0.265 e. The van der Waals surface area contributed by atoms with Crippen LogP contribution in [0.25, 0.3) is 0 Å². The van der Waals surface area contributed by atoms with Gasteiger partial charge in [0.15, 0.2) is 6.61 Å². The van der Waals surface area contributed by atoms with E-state index >= 15 is 0 Å². The number of hydrogen-bond acceptors (Lipinski definition) is 4. The van der Waals surface area contributed by atoms with Gasteiger partial charge in [-0.2, -0.15) is 5.10 Å². The molecule has 2 amide bonds. The molecule has 2 aliphatic heterocycles. The van der Waals surface area contributed by atoms with E-state index in [1.807, 2.05) is 48.6 Å². The zero-order chi connectivity index (χ0) is 19.1. The molecule has 1 aromatic carbocycles. The normalized spacial score (nSPS) is 19.2. The first-order valence-electron chi connectivity index (χ1n) is 9.26. The second-order valence-electron chi connectivity index (χ2n) is 7.39. The summed E-state index contributed by atoms with van der Waals surface area (Å²) in [6.07, 6.45) is 0.875. The monoisotopic (exact) mass is 368 g/mol. The smallest absolute Gasteiger partial charge is 0.265 e. The molecule has 1 fully saturated rings. The van der Waals surface area contributed by atoms with E-state index < -0.39 is 0 Å². The summed E-state index contributed by atoms with van der Waals surface area (Å²) in [7, 11) is 0. The first-order chi connectivity index (χ1) is 12.9. The lowest BCUT2D eigenvalue weighted by atomic mass is 10.1. The number of likely N-dealkylation sites (tertiary alicyclic amines) is 1. The number of benzene rings is 1. The molecule has 27 heavy (non-hydrogen) atoms. The van der Waals surface area contributed by atoms with E-state index in [4.69, 9.17) is 4.74 Å². The van der Waals surface area contributed by atoms with Crippen molar-refractivity contribution in [2.24, 2.45) is 0 Å². The molecule has 1 atom stereocenters. The number of anilines is 1. The van der Waals surface area contributed by atoms with E-state index in [1.54, 1.807) is 4.90 Å². The zero-order valence-electron chi connectivity index (χ0n) is 15.9. The molecule has 7 nitrogen and oxygen atoms in total. The molecule has 4 rings (SSSR count). The van der Waals surface area contributed by atoms with Gasteiger partial charge in [-0.05, 0) is 51.0 Å². The molecule has 1 unspecified atom stereocenters. The van der Waals surface area contributed by atoms with Gasteiger partial charge in [-0.25, -0.2) is 0 Å². The third kappa shape index (κ3) is 3.29. The van der Waals surface area contributed by atoms with Crippen molar-refractivity contribution in [3.05, 3.63) is 41.2 Å². The van der Waals surface area contributed by atoms with E-state index in [1.165, 1.54) is 0 Å². The van der Waals surface area contributed by atoms with E-state index in [9.17, 15) is 9.59 Å². The van der Waals surface area contributed by atoms with Crippen molar-refractivity contribution >= 4 is 17.5 Å². The Kier molecular flexibility index (Phi) is 4.37. The molecule has 2 aromatic rings. The maximum atomic E-state index is 12.9. The van der Waals surface area contributed by atoms with Gasteiger partial charge in [0.2, 0.25) is 5.91 Å². The van der Waals surface area contributed by atoms with E-state index in [-0.39, 0.29) is 31.0 Å². The van der Waals surface area contributed by atoms with Crippen LogP contribution in [-0.4, -0.2) is 52.7 Å². The summed E-state index contributed by atoms with van der Waals surface area (Å²) in [5.41, 5.74) is 3.80. The number of nitrogens with zero attached hydrogens (tertiary/aromatic N) is 4. The topological polar surface area (TPSA) is 67.7 Å². The molecule has 0 radical (unpaired) electrons. The lowest BCUT2D eigenvalue weighted by Crippen LogP contribution is -2.46. The van der Waals surface area contributed by atoms with E-state index in [0.717, 1.165) is 23.4 Å². The van der Waals surface area contributed by atoms with Gasteiger partial charge in [-0.3, -0.25) is 19.2 Å². The van der Waals surface area contributed by atoms with Crippen LogP contribution in [0.15, 0.2) is 24.3 Å². The Morgan fingerprint density at radius 1 is 1.26 bits per heavy atom. The molecular weight excluding hydrogens is 344 g/mol. The van der Waals surface area contributed by atoms with Crippen LogP contribution in [0.5, 0.6) is 5.75 Å². The number of carbonyl (C=O) groups is 2. The fourth-order valence-corrected chi connectivity index (χ4v) is 3.90. The van der Waals surface area contributed by atoms with Gasteiger partial charge in [0.05, 0.1) is 17.4 Å². The average Bonchev–Trinajstić information content (AvgIpc) is 3.23. The van der Waals surface area contributed by atoms with Crippen molar-refractivity contribution in [2.45, 2.75) is 33.2 Å². The molecule has 3 heterocycles. The fourth-order valence-electron chi connectivity index (χ4n) is 3.90. The van der Waals surface area contributed by atoms with Gasteiger partial charge in [0.25, 0.3) is 5.91 Å². The van der Waals surface area contributed by atoms with Crippen LogP contribution in [0.3, 0.4) is 0 Å². The number of aromatic nitrogens is 2. The van der Waals surface area contributed by atoms with Crippen LogP contribution in [0, 0.1) is 20.8 Å². The Morgan fingerprint density at radius 3 is 2.81 bits per heavy atom. The maximum absolute atomic E-state index is 12.9. The average molecular weight is 368 g/mol. The first kappa shape index (κ1) is 17.6. The van der Waals surface area contributed by atoms with Gasteiger partial charge in [0.1, 0.15) is 12.3 Å². The van der Waals surface area contributed by atoms with Crippen LogP contribution >= 0.6 is 0 Å². The second kappa shape index (κ2) is 6.72. The van der Waals surface area contributed by atoms with Crippen molar-refractivity contribution in [2.75, 3.05) is 31.1 Å². The SMILES string of the molecule is Cc1ccc2c(c1)N(CC(=O)N1CCC(n3nc(C)cc3C)C1)C(=O)CO2. The van der Waals surface area contributed by atoms with Crippen LogP contribution in [-0.2, 0) is 9.59 Å². The summed E-state index contributed by atoms with van der Waals surface area (Å²) in [6.45, 7) is 7.29. The molecule has 0 spiro atoms. The summed E-state index contributed by atoms with van der Waals surface area (Å²) in [6, 6.07) is 7.92. The standard InChI is InChI=1S/C20H24N4O3/c1-13-4-5-18-17(8-13)23(20(26)12-27-18)11-19(25)22-7-6-16(10-22)24-15(3)9-14(2)21-24/h4-5,8-9,16H,6-7,10-12H2,1-3H3. The molecule has 0 N–H and O–H groups in total. The van der Waals surface area contributed by atoms with Crippen molar-refractivity contribution < 1.29 is 14.3 Å². The van der Waals surface area contributed by atoms with Crippen LogP contribution in [0.1, 0.15) is 29.4 Å². The largest absolute Gasteiger partial charge is 0.482 e. The summed E-state index contributed by atoms with van der Waals surface area (Å²) in [5.74, 6) is 0.424. The van der Waals surface area contributed by atoms with Crippen LogP contribution in [0.4, 0.5) is 5.69 Å². The number of hydrogen-bond donors (Lipinski definition) is 0. The van der Waals surface area contributed by atoms with E-state index in [2.05, 4.69) is 11.2 Å². The number of fused-ring (bicyclic) bond motifs is 1. The Hall–Kier alpha value is -2.83. The predicted octanol–water partition coefficient (Wildman–Crippen LogP) is 2.01. The Labute approximate surface area is 158 Å². The number of carbonyl (C=O) groups excluding carboxylic acids is 2. The molecular formula is C20H24N4O3. The summed E-state index contributed by atoms with van der Waals surface area (Å²) in [5, 5.41) is 4.55. The molecule has 0 aliphatic carbocycles. The van der Waals surface area contributed by atoms with Crippen molar-refractivity contribution in [1.82, 2.24) is 14.7 Å². The van der Waals surface area contributed by atoms with Gasteiger partial charge >= 0.3 is 0 Å². The van der Waals surface area contributed by atoms with E-state index in [0.29, 0.717) is 24.5 Å². The quantitative estimate of drug-likeness (QED) is 0.831. The number of rotatable bonds is 3. The van der Waals surface area contributed by atoms with Crippen molar-refractivity contribution in [3.8, 4) is 5.75 Å². The first-order valence-corrected chi connectivity index (χ1v) is 9.26. The summed E-state index contributed by atoms with van der Waals surface area (Å²) in [4.78, 5) is 28.6. The Balaban J connectivity index is 1.48. The molecule has 2 aliphatic rings. The fraction of sp³-hybridized carbons (Fsp3) is 0.450. The highest BCUT2D eigenvalue weighted by Gasteiger charge is 2.33. The molecule has 0 bridgehead atoms. The van der Waals surface area contributed by atoms with Crippen molar-refractivity contribution in [3.63, 3.8) is 0 Å². The van der Waals surface area contributed by atoms with Gasteiger partial charge in [0, 0.05) is 18.8 Å². The minimum atomic E-state index is -0.184. The number of aryl methyl sites for hydroxylation is 3. The highest BCUT2D eigenvalue weighted by Crippen LogP contribution is 2.33. The lowest BCUT2D eigenvalue weighted by molar-refractivity contribution is -0.131. The number of amides is 2. The molecule has 1 saturated heterocycles. The predicted molar refractivity (Wildman–Crippen MR) is 101 cm³/mol. The molecule has 142 valence electrons. The molecule has 1 aromatic heterocycles. The minimum absolute atomic E-state index is 0.0300. The lowest BCUT2D eigenvalue weighted by Gasteiger charge is -2.30. The Morgan fingerprint density at radius 2 is 2.07 bits per heavy atom. The van der Waals surface area contributed by atoms with Gasteiger partial charge in [-0.1, -0.05) is 6.07 Å². The third-order valence-corrected chi connectivity index (χ3v) is 5.26. The van der Waals surface area contributed by atoms with Crippen LogP contribution in [0.2, 0.25) is 0 Å². The molecule has 0 saturated carbocycles. The zero-order valence-corrected chi connectivity index (χ0v) is 15.9. The summed E-state index contributed by atoms with van der Waals surface area (Å²) < 4.78 is 7.51. The highest BCUT2D eigenvalue weighted by molar-refractivity contribution is 6.02. The molecule has 7 heteroatoms. The van der Waals surface area contributed by atoms with Crippen LogP contribution < -0.4 is 9.64 Å². The number of ether oxygens (including phenoxy) is 1. The highest BCUT2D eigenvalue weighted by atomic mass is 16.5. The minimum Gasteiger partial charge on any atom is -0.482 e. The van der Waals surface area contributed by atoms with Crippen molar-refractivity contribution in [1.29, 1.82) is 0 Å². The third-order valence-electron chi connectivity index (χ3n) is 5.26.